The molecule has 1 aromatic carbocycles. The largest absolute Gasteiger partial charge is 0.326 e. The Balaban J connectivity index is 2.16. The Morgan fingerprint density at radius 3 is 2.14 bits per heavy atom. The average Bonchev–Trinajstić information content (AvgIpc) is 2.40. The summed E-state index contributed by atoms with van der Waals surface area (Å²) in [6.45, 7) is 1.39. The number of rotatable bonds is 4. The van der Waals surface area contributed by atoms with Crippen LogP contribution in [0.1, 0.15) is 6.92 Å². The van der Waals surface area contributed by atoms with Crippen molar-refractivity contribution in [1.29, 1.82) is 0 Å². The van der Waals surface area contributed by atoms with Gasteiger partial charge >= 0.3 is 0 Å². The Kier molecular flexibility index (Phi) is 4.39. The Bertz CT molecular complexity index is 745. The van der Waals surface area contributed by atoms with Gasteiger partial charge in [-0.1, -0.05) is 0 Å². The third-order valence-corrected chi connectivity index (χ3v) is 3.90. The van der Waals surface area contributed by atoms with Crippen molar-refractivity contribution in [2.24, 2.45) is 0 Å². The zero-order chi connectivity index (χ0) is 15.5. The number of nitrogens with one attached hydrogen (secondary N) is 2. The molecule has 1 amide bonds. The number of halogens is 1. The van der Waals surface area contributed by atoms with Crippen LogP contribution in [-0.4, -0.2) is 24.3 Å². The first kappa shape index (κ1) is 15.2. The number of aromatic nitrogens is 2. The molecule has 1 aromatic heterocycles. The summed E-state index contributed by atoms with van der Waals surface area (Å²) < 4.78 is 26.5. The second-order valence-corrected chi connectivity index (χ2v) is 6.07. The number of sulfonamides is 1. The van der Waals surface area contributed by atoms with E-state index >= 15 is 0 Å². The maximum Gasteiger partial charge on any atom is 0.264 e. The SMILES string of the molecule is CC(=O)Nc1ccc(NS(=O)(=O)c2cnc(Cl)nc2)cc1. The monoisotopic (exact) mass is 326 g/mol. The minimum absolute atomic E-state index is 0.0337. The fraction of sp³-hybridized carbons (Fsp3) is 0.0833. The maximum absolute atomic E-state index is 12.1. The van der Waals surface area contributed by atoms with E-state index in [0.29, 0.717) is 11.4 Å². The summed E-state index contributed by atoms with van der Waals surface area (Å²) in [7, 11) is -3.79. The molecular weight excluding hydrogens is 316 g/mol. The average molecular weight is 327 g/mol. The molecule has 2 aromatic rings. The van der Waals surface area contributed by atoms with Gasteiger partial charge < -0.3 is 5.32 Å². The topological polar surface area (TPSA) is 101 Å². The molecule has 110 valence electrons. The molecule has 9 heteroatoms. The Morgan fingerprint density at radius 1 is 1.10 bits per heavy atom. The molecule has 0 spiro atoms. The van der Waals surface area contributed by atoms with Crippen LogP contribution in [0, 0.1) is 0 Å². The number of benzene rings is 1. The van der Waals surface area contributed by atoms with E-state index in [4.69, 9.17) is 11.6 Å². The van der Waals surface area contributed by atoms with E-state index < -0.39 is 10.0 Å². The van der Waals surface area contributed by atoms with Crippen LogP contribution in [0.3, 0.4) is 0 Å². The molecule has 0 aliphatic carbocycles. The number of amides is 1. The van der Waals surface area contributed by atoms with Gasteiger partial charge in [-0.2, -0.15) is 0 Å². The number of carbonyl (C=O) groups is 1. The molecule has 1 heterocycles. The van der Waals surface area contributed by atoms with Crippen LogP contribution in [0.2, 0.25) is 5.28 Å². The van der Waals surface area contributed by atoms with E-state index in [9.17, 15) is 13.2 Å². The maximum atomic E-state index is 12.1. The quantitative estimate of drug-likeness (QED) is 0.835. The van der Waals surface area contributed by atoms with Gasteiger partial charge in [0.25, 0.3) is 10.0 Å². The van der Waals surface area contributed by atoms with Crippen LogP contribution in [0.4, 0.5) is 11.4 Å². The standard InChI is InChI=1S/C12H11ClN4O3S/c1-8(18)16-9-2-4-10(5-3-9)17-21(19,20)11-6-14-12(13)15-7-11/h2-7,17H,1H3,(H,16,18). The first-order valence-corrected chi connectivity index (χ1v) is 7.61. The molecule has 0 aliphatic heterocycles. The zero-order valence-corrected chi connectivity index (χ0v) is 12.4. The van der Waals surface area contributed by atoms with Gasteiger partial charge in [-0.15, -0.1) is 0 Å². The molecular formula is C12H11ClN4O3S. The summed E-state index contributed by atoms with van der Waals surface area (Å²) in [5.41, 5.74) is 0.916. The fourth-order valence-corrected chi connectivity index (χ4v) is 2.52. The molecule has 0 radical (unpaired) electrons. The van der Waals surface area contributed by atoms with Crippen molar-refractivity contribution in [1.82, 2.24) is 9.97 Å². The highest BCUT2D eigenvalue weighted by Gasteiger charge is 2.15. The third kappa shape index (κ3) is 4.14. The predicted octanol–water partition coefficient (Wildman–Crippen LogP) is 1.89. The predicted molar refractivity (Wildman–Crippen MR) is 78.6 cm³/mol. The molecule has 0 fully saturated rings. The fourth-order valence-electron chi connectivity index (χ4n) is 1.48. The molecule has 2 rings (SSSR count). The Hall–Kier alpha value is -2.19. The Labute approximate surface area is 126 Å². The van der Waals surface area contributed by atoms with Gasteiger partial charge in [-0.05, 0) is 35.9 Å². The van der Waals surface area contributed by atoms with E-state index in [1.54, 1.807) is 12.1 Å². The number of nitrogens with zero attached hydrogens (tertiary/aromatic N) is 2. The van der Waals surface area contributed by atoms with Crippen LogP contribution < -0.4 is 10.0 Å². The van der Waals surface area contributed by atoms with E-state index in [-0.39, 0.29) is 16.1 Å². The van der Waals surface area contributed by atoms with Crippen LogP contribution in [0.25, 0.3) is 0 Å². The van der Waals surface area contributed by atoms with E-state index in [1.165, 1.54) is 19.1 Å². The van der Waals surface area contributed by atoms with Crippen LogP contribution >= 0.6 is 11.6 Å². The van der Waals surface area contributed by atoms with Gasteiger partial charge in [0.15, 0.2) is 0 Å². The van der Waals surface area contributed by atoms with Gasteiger partial charge in [0.2, 0.25) is 11.2 Å². The summed E-state index contributed by atoms with van der Waals surface area (Å²) in [5.74, 6) is -0.207. The lowest BCUT2D eigenvalue weighted by Gasteiger charge is -2.08. The summed E-state index contributed by atoms with van der Waals surface area (Å²) in [5, 5.41) is 2.55. The van der Waals surface area contributed by atoms with Crippen molar-refractivity contribution in [2.75, 3.05) is 10.0 Å². The van der Waals surface area contributed by atoms with Crippen LogP contribution in [-0.2, 0) is 14.8 Å². The van der Waals surface area contributed by atoms with Crippen molar-refractivity contribution < 1.29 is 13.2 Å². The molecule has 0 aliphatic rings. The van der Waals surface area contributed by atoms with Crippen molar-refractivity contribution in [2.45, 2.75) is 11.8 Å². The minimum atomic E-state index is -3.79. The number of anilines is 2. The second kappa shape index (κ2) is 6.06. The van der Waals surface area contributed by atoms with Crippen molar-refractivity contribution in [3.63, 3.8) is 0 Å². The highest BCUT2D eigenvalue weighted by Crippen LogP contribution is 2.18. The van der Waals surface area contributed by atoms with Gasteiger partial charge in [-0.25, -0.2) is 18.4 Å². The summed E-state index contributed by atoms with van der Waals surface area (Å²) in [6, 6.07) is 6.22. The summed E-state index contributed by atoms with van der Waals surface area (Å²) >= 11 is 5.51. The smallest absolute Gasteiger partial charge is 0.264 e. The normalized spacial score (nSPS) is 11.0. The molecule has 0 unspecified atom stereocenters. The van der Waals surface area contributed by atoms with Crippen molar-refractivity contribution in [3.05, 3.63) is 41.9 Å². The molecule has 0 saturated carbocycles. The lowest BCUT2D eigenvalue weighted by molar-refractivity contribution is -0.114. The molecule has 0 bridgehead atoms. The first-order valence-electron chi connectivity index (χ1n) is 5.75. The van der Waals surface area contributed by atoms with Crippen LogP contribution in [0.15, 0.2) is 41.6 Å². The lowest BCUT2D eigenvalue weighted by atomic mass is 10.3. The molecule has 0 saturated heterocycles. The third-order valence-electron chi connectivity index (χ3n) is 2.36. The van der Waals surface area contributed by atoms with E-state index in [2.05, 4.69) is 20.0 Å². The minimum Gasteiger partial charge on any atom is -0.326 e. The van der Waals surface area contributed by atoms with Gasteiger partial charge in [0, 0.05) is 18.3 Å². The Morgan fingerprint density at radius 2 is 1.62 bits per heavy atom. The summed E-state index contributed by atoms with van der Waals surface area (Å²) in [6.07, 6.45) is 2.23. The van der Waals surface area contributed by atoms with Crippen LogP contribution in [0.5, 0.6) is 0 Å². The summed E-state index contributed by atoms with van der Waals surface area (Å²) in [4.78, 5) is 18.0. The van der Waals surface area contributed by atoms with Gasteiger partial charge in [-0.3, -0.25) is 9.52 Å². The van der Waals surface area contributed by atoms with Gasteiger partial charge in [0.05, 0.1) is 12.4 Å². The number of carbonyl (C=O) groups excluding carboxylic acids is 1. The highest BCUT2D eigenvalue weighted by molar-refractivity contribution is 7.92. The van der Waals surface area contributed by atoms with Crippen molar-refractivity contribution >= 4 is 38.9 Å². The first-order chi connectivity index (χ1) is 9.87. The van der Waals surface area contributed by atoms with E-state index in [1.807, 2.05) is 0 Å². The molecule has 0 atom stereocenters. The van der Waals surface area contributed by atoms with Crippen molar-refractivity contribution in [3.8, 4) is 0 Å². The zero-order valence-electron chi connectivity index (χ0n) is 10.9. The lowest BCUT2D eigenvalue weighted by Crippen LogP contribution is -2.13. The number of hydrogen-bond acceptors (Lipinski definition) is 5. The molecule has 7 nitrogen and oxygen atoms in total. The van der Waals surface area contributed by atoms with E-state index in [0.717, 1.165) is 12.4 Å². The highest BCUT2D eigenvalue weighted by atomic mass is 35.5. The molecule has 21 heavy (non-hydrogen) atoms. The van der Waals surface area contributed by atoms with Gasteiger partial charge in [0.1, 0.15) is 4.90 Å². The molecule has 2 N–H and O–H groups in total. The second-order valence-electron chi connectivity index (χ2n) is 4.05. The number of hydrogen-bond donors (Lipinski definition) is 2.